The number of para-hydroxylation sites is 1. The minimum Gasteiger partial charge on any atom is -0.497 e. The topological polar surface area (TPSA) is 61.9 Å². The maximum Gasteiger partial charge on any atom is 0.227 e. The van der Waals surface area contributed by atoms with Crippen molar-refractivity contribution in [2.24, 2.45) is 5.92 Å². The van der Waals surface area contributed by atoms with Gasteiger partial charge in [-0.15, -0.1) is 0 Å². The number of nitrogens with zero attached hydrogens (tertiary/aromatic N) is 2. The molecule has 0 saturated carbocycles. The molecule has 2 amide bonds. The Bertz CT molecular complexity index is 880. The van der Waals surface area contributed by atoms with Crippen LogP contribution in [-0.2, 0) is 16.0 Å². The average molecular weight is 410 g/mol. The van der Waals surface area contributed by atoms with E-state index in [0.29, 0.717) is 13.1 Å². The Morgan fingerprint density at radius 3 is 2.53 bits per heavy atom. The summed E-state index contributed by atoms with van der Waals surface area (Å²) in [7, 11) is 5.62. The molecule has 0 aliphatic carbocycles. The molecule has 2 unspecified atom stereocenters. The van der Waals surface area contributed by atoms with E-state index >= 15 is 0 Å². The standard InChI is InChI=1S/C24H31N3O3/c1-5-17-8-6-7-9-21(17)27-16-19(14-23(27)28)24(29)25-15-22(26(2)3)18-10-12-20(30-4)13-11-18/h6-13,19,22H,5,14-16H2,1-4H3,(H,25,29). The summed E-state index contributed by atoms with van der Waals surface area (Å²) in [4.78, 5) is 29.3. The Labute approximate surface area is 178 Å². The molecule has 160 valence electrons. The number of hydrogen-bond donors (Lipinski definition) is 1. The zero-order chi connectivity index (χ0) is 21.7. The summed E-state index contributed by atoms with van der Waals surface area (Å²) in [5.74, 6) is 0.411. The van der Waals surface area contributed by atoms with Crippen molar-refractivity contribution in [3.05, 3.63) is 59.7 Å². The summed E-state index contributed by atoms with van der Waals surface area (Å²) in [5, 5.41) is 3.06. The van der Waals surface area contributed by atoms with Crippen molar-refractivity contribution in [3.63, 3.8) is 0 Å². The Morgan fingerprint density at radius 2 is 1.90 bits per heavy atom. The van der Waals surface area contributed by atoms with Gasteiger partial charge >= 0.3 is 0 Å². The second-order valence-electron chi connectivity index (χ2n) is 7.89. The van der Waals surface area contributed by atoms with Gasteiger partial charge < -0.3 is 19.9 Å². The number of carbonyl (C=O) groups is 2. The van der Waals surface area contributed by atoms with Crippen molar-refractivity contribution in [1.82, 2.24) is 10.2 Å². The molecule has 0 aromatic heterocycles. The maximum absolute atomic E-state index is 12.9. The number of likely N-dealkylation sites (N-methyl/N-ethyl adjacent to an activating group) is 1. The Morgan fingerprint density at radius 1 is 1.20 bits per heavy atom. The second-order valence-corrected chi connectivity index (χ2v) is 7.89. The van der Waals surface area contributed by atoms with Crippen molar-refractivity contribution >= 4 is 17.5 Å². The summed E-state index contributed by atoms with van der Waals surface area (Å²) in [6.07, 6.45) is 1.10. The van der Waals surface area contributed by atoms with E-state index in [9.17, 15) is 9.59 Å². The van der Waals surface area contributed by atoms with Gasteiger partial charge in [-0.3, -0.25) is 9.59 Å². The molecule has 6 nitrogen and oxygen atoms in total. The molecule has 6 heteroatoms. The summed E-state index contributed by atoms with van der Waals surface area (Å²) < 4.78 is 5.23. The number of ether oxygens (including phenoxy) is 1. The predicted octanol–water partition coefficient (Wildman–Crippen LogP) is 3.03. The molecule has 0 bridgehead atoms. The summed E-state index contributed by atoms with van der Waals surface area (Å²) >= 11 is 0. The smallest absolute Gasteiger partial charge is 0.227 e. The predicted molar refractivity (Wildman–Crippen MR) is 119 cm³/mol. The van der Waals surface area contributed by atoms with E-state index in [1.807, 2.05) is 62.6 Å². The van der Waals surface area contributed by atoms with Crippen molar-refractivity contribution in [1.29, 1.82) is 0 Å². The molecule has 2 aromatic carbocycles. The first-order chi connectivity index (χ1) is 14.4. The van der Waals surface area contributed by atoms with Gasteiger partial charge in [0.15, 0.2) is 0 Å². The van der Waals surface area contributed by atoms with Crippen LogP contribution in [0.3, 0.4) is 0 Å². The monoisotopic (exact) mass is 409 g/mol. The van der Waals surface area contributed by atoms with Crippen LogP contribution in [0.2, 0.25) is 0 Å². The van der Waals surface area contributed by atoms with Crippen LogP contribution < -0.4 is 15.0 Å². The quantitative estimate of drug-likeness (QED) is 0.728. The Kier molecular flexibility index (Phi) is 7.11. The van der Waals surface area contributed by atoms with Crippen LogP contribution in [0, 0.1) is 5.92 Å². The van der Waals surface area contributed by atoms with Crippen LogP contribution in [0.4, 0.5) is 5.69 Å². The van der Waals surface area contributed by atoms with Crippen molar-refractivity contribution < 1.29 is 14.3 Å². The van der Waals surface area contributed by atoms with Gasteiger partial charge in [0.05, 0.1) is 19.1 Å². The second kappa shape index (κ2) is 9.76. The van der Waals surface area contributed by atoms with E-state index in [4.69, 9.17) is 4.74 Å². The third kappa shape index (κ3) is 4.82. The maximum atomic E-state index is 12.9. The van der Waals surface area contributed by atoms with Gasteiger partial charge in [0.1, 0.15) is 5.75 Å². The summed E-state index contributed by atoms with van der Waals surface area (Å²) in [5.41, 5.74) is 3.14. The molecular weight excluding hydrogens is 378 g/mol. The minimum atomic E-state index is -0.332. The molecule has 1 fully saturated rings. The third-order valence-corrected chi connectivity index (χ3v) is 5.75. The van der Waals surface area contributed by atoms with Crippen LogP contribution in [0.15, 0.2) is 48.5 Å². The fourth-order valence-corrected chi connectivity index (χ4v) is 3.96. The molecule has 3 rings (SSSR count). The molecule has 0 spiro atoms. The molecule has 1 saturated heterocycles. The molecule has 1 heterocycles. The number of methoxy groups -OCH3 is 1. The largest absolute Gasteiger partial charge is 0.497 e. The minimum absolute atomic E-state index is 0.00960. The van der Waals surface area contributed by atoms with Crippen molar-refractivity contribution in [2.75, 3.05) is 39.2 Å². The molecule has 30 heavy (non-hydrogen) atoms. The number of anilines is 1. The highest BCUT2D eigenvalue weighted by Crippen LogP contribution is 2.29. The fourth-order valence-electron chi connectivity index (χ4n) is 3.96. The van der Waals surface area contributed by atoms with Gasteiger partial charge in [0.25, 0.3) is 0 Å². The van der Waals surface area contributed by atoms with Crippen molar-refractivity contribution in [3.8, 4) is 5.75 Å². The number of hydrogen-bond acceptors (Lipinski definition) is 4. The number of rotatable bonds is 8. The van der Waals surface area contributed by atoms with Gasteiger partial charge in [-0.25, -0.2) is 0 Å². The molecule has 1 N–H and O–H groups in total. The van der Waals surface area contributed by atoms with Crippen LogP contribution in [0.5, 0.6) is 5.75 Å². The summed E-state index contributed by atoms with van der Waals surface area (Å²) in [6, 6.07) is 15.8. The van der Waals surface area contributed by atoms with Crippen LogP contribution in [0.1, 0.15) is 30.5 Å². The molecular formula is C24H31N3O3. The lowest BCUT2D eigenvalue weighted by atomic mass is 10.0. The van der Waals surface area contributed by atoms with Gasteiger partial charge in [-0.05, 0) is 49.8 Å². The van der Waals surface area contributed by atoms with Gasteiger partial charge in [-0.2, -0.15) is 0 Å². The first-order valence-electron chi connectivity index (χ1n) is 10.4. The normalized spacial score (nSPS) is 17.3. The first kappa shape index (κ1) is 21.8. The molecule has 2 aromatic rings. The van der Waals surface area contributed by atoms with Crippen LogP contribution >= 0.6 is 0 Å². The van der Waals surface area contributed by atoms with Gasteiger partial charge in [0.2, 0.25) is 11.8 Å². The zero-order valence-corrected chi connectivity index (χ0v) is 18.2. The van der Waals surface area contributed by atoms with Gasteiger partial charge in [-0.1, -0.05) is 37.3 Å². The highest BCUT2D eigenvalue weighted by Gasteiger charge is 2.36. The lowest BCUT2D eigenvalue weighted by Crippen LogP contribution is -2.38. The zero-order valence-electron chi connectivity index (χ0n) is 18.2. The number of nitrogens with one attached hydrogen (secondary N) is 1. The average Bonchev–Trinajstić information content (AvgIpc) is 3.15. The number of carbonyl (C=O) groups excluding carboxylic acids is 2. The summed E-state index contributed by atoms with van der Waals surface area (Å²) in [6.45, 7) is 2.98. The van der Waals surface area contributed by atoms with E-state index < -0.39 is 0 Å². The van der Waals surface area contributed by atoms with Gasteiger partial charge in [0, 0.05) is 25.2 Å². The van der Waals surface area contributed by atoms with E-state index in [1.54, 1.807) is 12.0 Å². The van der Waals surface area contributed by atoms with E-state index in [2.05, 4.69) is 17.1 Å². The Hall–Kier alpha value is -2.86. The molecule has 1 aliphatic rings. The first-order valence-corrected chi connectivity index (χ1v) is 10.4. The lowest BCUT2D eigenvalue weighted by molar-refractivity contribution is -0.126. The van der Waals surface area contributed by atoms with Crippen molar-refractivity contribution in [2.45, 2.75) is 25.8 Å². The molecule has 0 radical (unpaired) electrons. The highest BCUT2D eigenvalue weighted by atomic mass is 16.5. The van der Waals surface area contributed by atoms with E-state index in [0.717, 1.165) is 29.0 Å². The number of benzene rings is 2. The van der Waals surface area contributed by atoms with Crippen LogP contribution in [0.25, 0.3) is 0 Å². The SMILES string of the molecule is CCc1ccccc1N1CC(C(=O)NCC(c2ccc(OC)cc2)N(C)C)CC1=O. The number of amides is 2. The van der Waals surface area contributed by atoms with Crippen LogP contribution in [-0.4, -0.2) is 51.0 Å². The Balaban J connectivity index is 1.64. The lowest BCUT2D eigenvalue weighted by Gasteiger charge is -2.26. The fraction of sp³-hybridized carbons (Fsp3) is 0.417. The molecule has 2 atom stereocenters. The number of aryl methyl sites for hydroxylation is 1. The third-order valence-electron chi connectivity index (χ3n) is 5.75. The highest BCUT2D eigenvalue weighted by molar-refractivity contribution is 6.00. The van der Waals surface area contributed by atoms with E-state index in [-0.39, 0.29) is 30.2 Å². The molecule has 1 aliphatic heterocycles. The van der Waals surface area contributed by atoms with E-state index in [1.165, 1.54) is 0 Å².